The molecular formula is C16H17Cl2N3O2. The largest absolute Gasteiger partial charge is 0.366 e. The number of nitrogens with two attached hydrogens (primary N) is 2. The Kier molecular flexibility index (Phi) is 7.03. The Morgan fingerprint density at radius 1 is 1.13 bits per heavy atom. The number of benzene rings is 2. The second-order valence-electron chi connectivity index (χ2n) is 4.73. The lowest BCUT2D eigenvalue weighted by molar-refractivity contribution is 0.0938. The molecule has 0 fully saturated rings. The molecule has 2 aromatic rings. The summed E-state index contributed by atoms with van der Waals surface area (Å²) in [6.07, 6.45) is 0. The van der Waals surface area contributed by atoms with E-state index in [2.05, 4.69) is 5.32 Å². The highest BCUT2D eigenvalue weighted by atomic mass is 35.5. The average Bonchev–Trinajstić information content (AvgIpc) is 2.53. The van der Waals surface area contributed by atoms with Gasteiger partial charge in [-0.2, -0.15) is 0 Å². The molecule has 2 aromatic carbocycles. The van der Waals surface area contributed by atoms with E-state index >= 15 is 0 Å². The first-order chi connectivity index (χ1) is 10.5. The van der Waals surface area contributed by atoms with Gasteiger partial charge in [-0.15, -0.1) is 12.4 Å². The first kappa shape index (κ1) is 19.0. The van der Waals surface area contributed by atoms with Crippen molar-refractivity contribution in [3.63, 3.8) is 0 Å². The van der Waals surface area contributed by atoms with Crippen LogP contribution in [0.5, 0.6) is 0 Å². The molecule has 0 aliphatic heterocycles. The van der Waals surface area contributed by atoms with Crippen molar-refractivity contribution >= 4 is 35.8 Å². The number of hydrogen-bond acceptors (Lipinski definition) is 3. The summed E-state index contributed by atoms with van der Waals surface area (Å²) in [5.41, 5.74) is 12.3. The normalized spacial score (nSPS) is 11.2. The van der Waals surface area contributed by atoms with Gasteiger partial charge in [-0.3, -0.25) is 9.59 Å². The number of amides is 2. The molecule has 0 heterocycles. The summed E-state index contributed by atoms with van der Waals surface area (Å²) in [6, 6.07) is 13.5. The lowest BCUT2D eigenvalue weighted by Crippen LogP contribution is -2.33. The summed E-state index contributed by atoms with van der Waals surface area (Å²) in [6.45, 7) is 0.256. The lowest BCUT2D eigenvalue weighted by Gasteiger charge is -2.17. The molecule has 0 saturated heterocycles. The van der Waals surface area contributed by atoms with Crippen molar-refractivity contribution in [2.24, 2.45) is 11.5 Å². The van der Waals surface area contributed by atoms with E-state index in [9.17, 15) is 9.59 Å². The Balaban J connectivity index is 0.00000264. The number of hydrogen-bond donors (Lipinski definition) is 3. The van der Waals surface area contributed by atoms with Crippen LogP contribution in [0.4, 0.5) is 0 Å². The van der Waals surface area contributed by atoms with Gasteiger partial charge in [-0.25, -0.2) is 0 Å². The average molecular weight is 354 g/mol. The van der Waals surface area contributed by atoms with Crippen LogP contribution in [-0.2, 0) is 0 Å². The van der Waals surface area contributed by atoms with Crippen molar-refractivity contribution in [3.05, 3.63) is 70.2 Å². The van der Waals surface area contributed by atoms with Crippen molar-refractivity contribution in [1.29, 1.82) is 0 Å². The molecule has 23 heavy (non-hydrogen) atoms. The van der Waals surface area contributed by atoms with Crippen molar-refractivity contribution in [3.8, 4) is 0 Å². The van der Waals surface area contributed by atoms with Crippen molar-refractivity contribution in [2.75, 3.05) is 6.54 Å². The van der Waals surface area contributed by atoms with E-state index < -0.39 is 5.91 Å². The monoisotopic (exact) mass is 353 g/mol. The standard InChI is InChI=1S/C16H16ClN3O2.ClH/c17-13-7-6-11(8-12(13)15(19)21)16(22)20-14(9-18)10-4-2-1-3-5-10;/h1-8,14H,9,18H2,(H2,19,21)(H,20,22);1H. The second kappa shape index (κ2) is 8.53. The maximum absolute atomic E-state index is 12.3. The van der Waals surface area contributed by atoms with Crippen LogP contribution in [0, 0.1) is 0 Å². The molecule has 0 spiro atoms. The number of nitrogens with one attached hydrogen (secondary N) is 1. The van der Waals surface area contributed by atoms with Gasteiger partial charge >= 0.3 is 0 Å². The van der Waals surface area contributed by atoms with E-state index in [0.717, 1.165) is 5.56 Å². The first-order valence-corrected chi connectivity index (χ1v) is 7.06. The molecule has 7 heteroatoms. The van der Waals surface area contributed by atoms with Crippen LogP contribution in [-0.4, -0.2) is 18.4 Å². The first-order valence-electron chi connectivity index (χ1n) is 6.68. The molecule has 0 bridgehead atoms. The van der Waals surface area contributed by atoms with Gasteiger partial charge in [0.2, 0.25) is 5.91 Å². The number of halogens is 2. The van der Waals surface area contributed by atoms with Gasteiger partial charge in [-0.05, 0) is 23.8 Å². The van der Waals surface area contributed by atoms with E-state index in [1.54, 1.807) is 0 Å². The molecule has 0 radical (unpaired) electrons. The summed E-state index contributed by atoms with van der Waals surface area (Å²) in [4.78, 5) is 23.6. The maximum atomic E-state index is 12.3. The summed E-state index contributed by atoms with van der Waals surface area (Å²) in [5.74, 6) is -1.03. The predicted octanol–water partition coefficient (Wildman–Crippen LogP) is 2.29. The molecular weight excluding hydrogens is 337 g/mol. The minimum absolute atomic E-state index is 0. The zero-order chi connectivity index (χ0) is 16.1. The highest BCUT2D eigenvalue weighted by molar-refractivity contribution is 6.34. The van der Waals surface area contributed by atoms with Gasteiger partial charge in [0.05, 0.1) is 16.6 Å². The van der Waals surface area contributed by atoms with Gasteiger partial charge in [0.25, 0.3) is 5.91 Å². The van der Waals surface area contributed by atoms with Gasteiger partial charge in [0.15, 0.2) is 0 Å². The van der Waals surface area contributed by atoms with Crippen LogP contribution in [0.3, 0.4) is 0 Å². The zero-order valence-corrected chi connectivity index (χ0v) is 13.7. The third-order valence-corrected chi connectivity index (χ3v) is 3.57. The highest BCUT2D eigenvalue weighted by Gasteiger charge is 2.16. The molecule has 2 rings (SSSR count). The van der Waals surface area contributed by atoms with E-state index in [1.165, 1.54) is 18.2 Å². The fraction of sp³-hybridized carbons (Fsp3) is 0.125. The topological polar surface area (TPSA) is 98.2 Å². The lowest BCUT2D eigenvalue weighted by atomic mass is 10.1. The molecule has 0 aromatic heterocycles. The molecule has 1 unspecified atom stereocenters. The van der Waals surface area contributed by atoms with Crippen LogP contribution >= 0.6 is 24.0 Å². The Bertz CT molecular complexity index is 693. The molecule has 122 valence electrons. The van der Waals surface area contributed by atoms with E-state index in [0.29, 0.717) is 5.56 Å². The number of rotatable bonds is 5. The Hall–Kier alpha value is -2.08. The van der Waals surface area contributed by atoms with E-state index in [1.807, 2.05) is 30.3 Å². The van der Waals surface area contributed by atoms with Crippen LogP contribution in [0.1, 0.15) is 32.3 Å². The van der Waals surface area contributed by atoms with Gasteiger partial charge in [-0.1, -0.05) is 41.9 Å². The van der Waals surface area contributed by atoms with Gasteiger partial charge in [0.1, 0.15) is 0 Å². The fourth-order valence-corrected chi connectivity index (χ4v) is 2.27. The molecule has 0 saturated carbocycles. The zero-order valence-electron chi connectivity index (χ0n) is 12.2. The van der Waals surface area contributed by atoms with Crippen molar-refractivity contribution in [2.45, 2.75) is 6.04 Å². The van der Waals surface area contributed by atoms with Gasteiger partial charge in [0, 0.05) is 12.1 Å². The SMILES string of the molecule is Cl.NCC(NC(=O)c1ccc(Cl)c(C(N)=O)c1)c1ccccc1. The summed E-state index contributed by atoms with van der Waals surface area (Å²) >= 11 is 5.87. The molecule has 2 amide bonds. The van der Waals surface area contributed by atoms with Crippen LogP contribution in [0.25, 0.3) is 0 Å². The number of primary amides is 1. The number of carbonyl (C=O) groups excluding carboxylic acids is 2. The van der Waals surface area contributed by atoms with Crippen LogP contribution < -0.4 is 16.8 Å². The third kappa shape index (κ3) is 4.69. The molecule has 5 N–H and O–H groups in total. The summed E-state index contributed by atoms with van der Waals surface area (Å²) in [7, 11) is 0. The minimum Gasteiger partial charge on any atom is -0.366 e. The van der Waals surface area contributed by atoms with Crippen LogP contribution in [0.2, 0.25) is 5.02 Å². The quantitative estimate of drug-likeness (QED) is 0.768. The second-order valence-corrected chi connectivity index (χ2v) is 5.14. The Morgan fingerprint density at radius 3 is 2.35 bits per heavy atom. The molecule has 5 nitrogen and oxygen atoms in total. The Morgan fingerprint density at radius 2 is 1.78 bits per heavy atom. The fourth-order valence-electron chi connectivity index (χ4n) is 2.06. The van der Waals surface area contributed by atoms with E-state index in [-0.39, 0.29) is 41.5 Å². The smallest absolute Gasteiger partial charge is 0.251 e. The van der Waals surface area contributed by atoms with Gasteiger partial charge < -0.3 is 16.8 Å². The minimum atomic E-state index is -0.682. The molecule has 0 aliphatic carbocycles. The molecule has 1 atom stereocenters. The Labute approximate surface area is 145 Å². The van der Waals surface area contributed by atoms with E-state index in [4.69, 9.17) is 23.1 Å². The predicted molar refractivity (Wildman–Crippen MR) is 92.9 cm³/mol. The third-order valence-electron chi connectivity index (χ3n) is 3.24. The van der Waals surface area contributed by atoms with Crippen molar-refractivity contribution in [1.82, 2.24) is 5.32 Å². The maximum Gasteiger partial charge on any atom is 0.251 e. The summed E-state index contributed by atoms with van der Waals surface area (Å²) < 4.78 is 0. The molecule has 0 aliphatic rings. The van der Waals surface area contributed by atoms with Crippen LogP contribution in [0.15, 0.2) is 48.5 Å². The highest BCUT2D eigenvalue weighted by Crippen LogP contribution is 2.18. The summed E-state index contributed by atoms with van der Waals surface area (Å²) in [5, 5.41) is 3.04. The van der Waals surface area contributed by atoms with Crippen molar-refractivity contribution < 1.29 is 9.59 Å². The number of carbonyl (C=O) groups is 2.